The summed E-state index contributed by atoms with van der Waals surface area (Å²) in [5, 5.41) is 18.1. The second-order valence-corrected chi connectivity index (χ2v) is 3.67. The zero-order valence-electron chi connectivity index (χ0n) is 8.82. The lowest BCUT2D eigenvalue weighted by atomic mass is 9.79. The Morgan fingerprint density at radius 1 is 1.00 bits per heavy atom. The second-order valence-electron chi connectivity index (χ2n) is 3.67. The third-order valence-electron chi connectivity index (χ3n) is 2.39. The normalized spacial score (nSPS) is 10.1. The molecule has 1 heterocycles. The van der Waals surface area contributed by atoms with Crippen molar-refractivity contribution in [2.75, 3.05) is 0 Å². The van der Waals surface area contributed by atoms with Gasteiger partial charge in [0.2, 0.25) is 0 Å². The van der Waals surface area contributed by atoms with E-state index >= 15 is 0 Å². The molecule has 2 aromatic rings. The van der Waals surface area contributed by atoms with Crippen molar-refractivity contribution in [3.63, 3.8) is 0 Å². The molecule has 0 saturated heterocycles. The summed E-state index contributed by atoms with van der Waals surface area (Å²) in [6, 6.07) is 13.2. The molecule has 0 unspecified atom stereocenters. The maximum absolute atomic E-state index is 9.06. The van der Waals surface area contributed by atoms with Crippen molar-refractivity contribution in [3.05, 3.63) is 60.4 Å². The maximum atomic E-state index is 9.06. The molecular weight excluding hydrogens is 201 g/mol. The summed E-state index contributed by atoms with van der Waals surface area (Å²) in [6.07, 6.45) is 3.95. The van der Waals surface area contributed by atoms with Crippen LogP contribution in [0.4, 0.5) is 0 Å². The zero-order valence-corrected chi connectivity index (χ0v) is 8.82. The van der Waals surface area contributed by atoms with Crippen LogP contribution in [-0.4, -0.2) is 17.2 Å². The van der Waals surface area contributed by atoms with Crippen molar-refractivity contribution < 1.29 is 14.6 Å². The Labute approximate surface area is 94.8 Å². The topological polar surface area (TPSA) is 44.3 Å². The molecule has 0 saturated carbocycles. The minimum Gasteiger partial charge on any atom is -0.423 e. The van der Waals surface area contributed by atoms with Gasteiger partial charge >= 0.3 is 7.12 Å². The van der Waals surface area contributed by atoms with Gasteiger partial charge < -0.3 is 10.0 Å². The smallest absolute Gasteiger partial charge is 0.423 e. The highest BCUT2D eigenvalue weighted by atomic mass is 16.4. The predicted molar refractivity (Wildman–Crippen MR) is 62.0 cm³/mol. The van der Waals surface area contributed by atoms with Crippen LogP contribution in [0.15, 0.2) is 54.9 Å². The summed E-state index contributed by atoms with van der Waals surface area (Å²) in [5.74, 6) is 0. The molecule has 1 aromatic carbocycles. The van der Waals surface area contributed by atoms with Gasteiger partial charge in [0.25, 0.3) is 0 Å². The van der Waals surface area contributed by atoms with Crippen molar-refractivity contribution in [1.29, 1.82) is 0 Å². The van der Waals surface area contributed by atoms with E-state index in [1.807, 2.05) is 47.3 Å². The number of hydrogen-bond donors (Lipinski definition) is 2. The molecule has 4 heteroatoms. The average Bonchev–Trinajstić information content (AvgIpc) is 2.30. The van der Waals surface area contributed by atoms with Gasteiger partial charge in [0.05, 0.1) is 0 Å². The summed E-state index contributed by atoms with van der Waals surface area (Å²) in [5.41, 5.74) is 1.57. The van der Waals surface area contributed by atoms with E-state index in [4.69, 9.17) is 10.0 Å². The van der Waals surface area contributed by atoms with Gasteiger partial charge in [-0.1, -0.05) is 30.3 Å². The second kappa shape index (κ2) is 4.92. The monoisotopic (exact) mass is 214 g/mol. The Morgan fingerprint density at radius 2 is 1.75 bits per heavy atom. The highest BCUT2D eigenvalue weighted by Gasteiger charge is 2.11. The molecule has 0 aliphatic carbocycles. The Morgan fingerprint density at radius 3 is 2.44 bits per heavy atom. The van der Waals surface area contributed by atoms with Crippen LogP contribution in [0.5, 0.6) is 0 Å². The fraction of sp³-hybridized carbons (Fsp3) is 0.0833. The Balaban J connectivity index is 2.19. The molecule has 0 bridgehead atoms. The van der Waals surface area contributed by atoms with Crippen molar-refractivity contribution in [2.24, 2.45) is 0 Å². The molecule has 0 aliphatic rings. The Bertz CT molecular complexity index is 460. The van der Waals surface area contributed by atoms with Gasteiger partial charge in [-0.05, 0) is 5.46 Å². The molecule has 0 amide bonds. The van der Waals surface area contributed by atoms with Gasteiger partial charge in [0.1, 0.15) is 0 Å². The minimum atomic E-state index is -1.40. The summed E-state index contributed by atoms with van der Waals surface area (Å²) in [6.45, 7) is 0.724. The molecule has 3 nitrogen and oxygen atoms in total. The lowest BCUT2D eigenvalue weighted by Gasteiger charge is -2.01. The van der Waals surface area contributed by atoms with Gasteiger partial charge in [0, 0.05) is 17.7 Å². The highest BCUT2D eigenvalue weighted by Crippen LogP contribution is 1.96. The number of benzene rings is 1. The summed E-state index contributed by atoms with van der Waals surface area (Å²) in [7, 11) is -1.40. The molecule has 16 heavy (non-hydrogen) atoms. The van der Waals surface area contributed by atoms with Crippen LogP contribution in [0.25, 0.3) is 0 Å². The van der Waals surface area contributed by atoms with Crippen LogP contribution >= 0.6 is 0 Å². The van der Waals surface area contributed by atoms with Gasteiger partial charge in [-0.25, -0.2) is 4.57 Å². The largest absolute Gasteiger partial charge is 0.488 e. The minimum absolute atomic E-state index is 0.522. The van der Waals surface area contributed by atoms with Crippen molar-refractivity contribution in [1.82, 2.24) is 0 Å². The fourth-order valence-electron chi connectivity index (χ4n) is 1.60. The lowest BCUT2D eigenvalue weighted by Crippen LogP contribution is -2.35. The van der Waals surface area contributed by atoms with Crippen LogP contribution < -0.4 is 10.0 Å². The van der Waals surface area contributed by atoms with Crippen LogP contribution in [0.2, 0.25) is 0 Å². The van der Waals surface area contributed by atoms with Crippen LogP contribution in [0, 0.1) is 0 Å². The van der Waals surface area contributed by atoms with Gasteiger partial charge in [0.15, 0.2) is 18.9 Å². The van der Waals surface area contributed by atoms with E-state index in [2.05, 4.69) is 0 Å². The van der Waals surface area contributed by atoms with E-state index < -0.39 is 7.12 Å². The van der Waals surface area contributed by atoms with Crippen molar-refractivity contribution in [2.45, 2.75) is 6.54 Å². The molecular formula is C12H13BNO2+. The molecule has 0 spiro atoms. The summed E-state index contributed by atoms with van der Waals surface area (Å²) < 4.78 is 2.03. The molecule has 0 aliphatic heterocycles. The zero-order chi connectivity index (χ0) is 11.4. The van der Waals surface area contributed by atoms with Crippen LogP contribution in [0.1, 0.15) is 5.56 Å². The lowest BCUT2D eigenvalue weighted by molar-refractivity contribution is -0.688. The molecule has 1 aromatic heterocycles. The van der Waals surface area contributed by atoms with E-state index in [0.29, 0.717) is 5.46 Å². The van der Waals surface area contributed by atoms with Gasteiger partial charge in [-0.15, -0.1) is 0 Å². The van der Waals surface area contributed by atoms with Gasteiger partial charge in [-0.3, -0.25) is 0 Å². The first-order valence-electron chi connectivity index (χ1n) is 5.15. The molecule has 2 N–H and O–H groups in total. The third-order valence-corrected chi connectivity index (χ3v) is 2.39. The first-order chi connectivity index (χ1) is 7.75. The van der Waals surface area contributed by atoms with E-state index in [1.165, 1.54) is 0 Å². The van der Waals surface area contributed by atoms with Gasteiger partial charge in [-0.2, -0.15) is 0 Å². The van der Waals surface area contributed by atoms with Crippen LogP contribution in [-0.2, 0) is 6.54 Å². The molecule has 80 valence electrons. The summed E-state index contributed by atoms with van der Waals surface area (Å²) >= 11 is 0. The highest BCUT2D eigenvalue weighted by molar-refractivity contribution is 6.58. The standard InChI is InChI=1S/C12H13BNO2/c15-13(16)12-6-4-5-11(9-12)10-14-7-2-1-3-8-14/h1-9,15-16H,10H2/q+1. The van der Waals surface area contributed by atoms with Crippen molar-refractivity contribution in [3.8, 4) is 0 Å². The third kappa shape index (κ3) is 2.69. The number of pyridine rings is 1. The van der Waals surface area contributed by atoms with E-state index in [0.717, 1.165) is 12.1 Å². The molecule has 0 atom stereocenters. The summed E-state index contributed by atoms with van der Waals surface area (Å²) in [4.78, 5) is 0. The number of aromatic nitrogens is 1. The first kappa shape index (κ1) is 10.9. The average molecular weight is 214 g/mol. The maximum Gasteiger partial charge on any atom is 0.488 e. The molecule has 2 rings (SSSR count). The molecule has 0 radical (unpaired) electrons. The van der Waals surface area contributed by atoms with Crippen LogP contribution in [0.3, 0.4) is 0 Å². The van der Waals surface area contributed by atoms with E-state index in [9.17, 15) is 0 Å². The Hall–Kier alpha value is -1.65. The number of nitrogens with zero attached hydrogens (tertiary/aromatic N) is 1. The molecule has 0 fully saturated rings. The fourth-order valence-corrected chi connectivity index (χ4v) is 1.60. The number of rotatable bonds is 3. The predicted octanol–water partition coefficient (Wildman–Crippen LogP) is -0.298. The number of hydrogen-bond acceptors (Lipinski definition) is 2. The SMILES string of the molecule is OB(O)c1cccc(C[n+]2ccccc2)c1. The first-order valence-corrected chi connectivity index (χ1v) is 5.15. The Kier molecular flexibility index (Phi) is 3.34. The quantitative estimate of drug-likeness (QED) is 0.544. The van der Waals surface area contributed by atoms with Crippen molar-refractivity contribution >= 4 is 12.6 Å². The van der Waals surface area contributed by atoms with E-state index in [1.54, 1.807) is 12.1 Å². The van der Waals surface area contributed by atoms with E-state index in [-0.39, 0.29) is 0 Å².